The summed E-state index contributed by atoms with van der Waals surface area (Å²) in [6.45, 7) is 6.16. The molecule has 0 radical (unpaired) electrons. The molecule has 2 unspecified atom stereocenters. The molecule has 0 heterocycles. The zero-order valence-corrected chi connectivity index (χ0v) is 10.9. The average molecular weight is 226 g/mol. The summed E-state index contributed by atoms with van der Waals surface area (Å²) < 4.78 is 0. The van der Waals surface area contributed by atoms with Crippen LogP contribution >= 0.6 is 0 Å². The van der Waals surface area contributed by atoms with Gasteiger partial charge in [0.2, 0.25) is 5.91 Å². The van der Waals surface area contributed by atoms with E-state index in [2.05, 4.69) is 12.2 Å². The maximum atomic E-state index is 11.7. The summed E-state index contributed by atoms with van der Waals surface area (Å²) in [6, 6.07) is 0.391. The molecule has 1 rings (SSSR count). The lowest BCUT2D eigenvalue weighted by Crippen LogP contribution is -2.42. The van der Waals surface area contributed by atoms with E-state index in [0.717, 1.165) is 12.8 Å². The highest BCUT2D eigenvalue weighted by atomic mass is 16.1. The van der Waals surface area contributed by atoms with Gasteiger partial charge in [-0.2, -0.15) is 0 Å². The molecule has 3 heteroatoms. The van der Waals surface area contributed by atoms with Crippen molar-refractivity contribution in [3.8, 4) is 0 Å². The Labute approximate surface area is 99.2 Å². The number of carbonyl (C=O) groups is 1. The summed E-state index contributed by atoms with van der Waals surface area (Å²) in [5.41, 5.74) is 5.62. The molecule has 0 aromatic carbocycles. The van der Waals surface area contributed by atoms with Crippen molar-refractivity contribution in [2.75, 3.05) is 0 Å². The molecule has 0 spiro atoms. The second kappa shape index (κ2) is 5.67. The molecule has 0 saturated heterocycles. The summed E-state index contributed by atoms with van der Waals surface area (Å²) in [6.07, 6.45) is 6.24. The van der Waals surface area contributed by atoms with Crippen molar-refractivity contribution in [2.45, 2.75) is 70.9 Å². The maximum Gasteiger partial charge on any atom is 0.220 e. The summed E-state index contributed by atoms with van der Waals surface area (Å²) in [4.78, 5) is 11.7. The monoisotopic (exact) mass is 226 g/mol. The van der Waals surface area contributed by atoms with Gasteiger partial charge in [-0.25, -0.2) is 0 Å². The lowest BCUT2D eigenvalue weighted by Gasteiger charge is -2.30. The van der Waals surface area contributed by atoms with Crippen LogP contribution in [0.25, 0.3) is 0 Å². The Morgan fingerprint density at radius 1 is 1.38 bits per heavy atom. The van der Waals surface area contributed by atoms with E-state index >= 15 is 0 Å². The standard InChI is InChI=1S/C13H26N2O/c1-10-6-4-5-7-11(10)15-12(16)8-9-13(2,3)14/h10-11H,4-9,14H2,1-3H3,(H,15,16). The van der Waals surface area contributed by atoms with Crippen LogP contribution in [0.5, 0.6) is 0 Å². The van der Waals surface area contributed by atoms with Crippen LogP contribution in [0, 0.1) is 5.92 Å². The molecule has 0 aromatic rings. The van der Waals surface area contributed by atoms with E-state index in [9.17, 15) is 4.79 Å². The molecule has 1 fully saturated rings. The van der Waals surface area contributed by atoms with Gasteiger partial charge in [0.25, 0.3) is 0 Å². The number of amides is 1. The van der Waals surface area contributed by atoms with Gasteiger partial charge in [-0.05, 0) is 39.0 Å². The van der Waals surface area contributed by atoms with E-state index in [4.69, 9.17) is 5.73 Å². The molecule has 3 N–H and O–H groups in total. The first-order valence-corrected chi connectivity index (χ1v) is 6.47. The quantitative estimate of drug-likeness (QED) is 0.772. The van der Waals surface area contributed by atoms with E-state index < -0.39 is 0 Å². The van der Waals surface area contributed by atoms with E-state index in [1.807, 2.05) is 13.8 Å². The molecule has 0 aromatic heterocycles. The third-order valence-corrected chi connectivity index (χ3v) is 3.45. The third-order valence-electron chi connectivity index (χ3n) is 3.45. The highest BCUT2D eigenvalue weighted by Crippen LogP contribution is 2.23. The molecule has 0 aliphatic heterocycles. The number of nitrogens with two attached hydrogens (primary N) is 1. The van der Waals surface area contributed by atoms with Crippen molar-refractivity contribution in [3.63, 3.8) is 0 Å². The van der Waals surface area contributed by atoms with Crippen molar-refractivity contribution < 1.29 is 4.79 Å². The number of rotatable bonds is 4. The van der Waals surface area contributed by atoms with Crippen LogP contribution in [0.2, 0.25) is 0 Å². The second-order valence-corrected chi connectivity index (χ2v) is 5.92. The number of nitrogens with one attached hydrogen (secondary N) is 1. The van der Waals surface area contributed by atoms with Gasteiger partial charge in [0.1, 0.15) is 0 Å². The van der Waals surface area contributed by atoms with Crippen LogP contribution in [0.1, 0.15) is 59.3 Å². The van der Waals surface area contributed by atoms with Crippen LogP contribution in [-0.4, -0.2) is 17.5 Å². The highest BCUT2D eigenvalue weighted by Gasteiger charge is 2.23. The molecule has 3 nitrogen and oxygen atoms in total. The van der Waals surface area contributed by atoms with Crippen molar-refractivity contribution in [2.24, 2.45) is 11.7 Å². The molecular weight excluding hydrogens is 200 g/mol. The first kappa shape index (κ1) is 13.5. The fourth-order valence-corrected chi connectivity index (χ4v) is 2.25. The van der Waals surface area contributed by atoms with Gasteiger partial charge in [-0.1, -0.05) is 19.8 Å². The molecule has 1 aliphatic rings. The number of hydrogen-bond donors (Lipinski definition) is 2. The molecule has 1 saturated carbocycles. The minimum Gasteiger partial charge on any atom is -0.353 e. The Bertz CT molecular complexity index is 233. The summed E-state index contributed by atoms with van der Waals surface area (Å²) in [5.74, 6) is 0.792. The Kier molecular flexibility index (Phi) is 4.78. The van der Waals surface area contributed by atoms with Crippen LogP contribution in [0.3, 0.4) is 0 Å². The zero-order valence-electron chi connectivity index (χ0n) is 10.9. The number of carbonyl (C=O) groups excluding carboxylic acids is 1. The Hall–Kier alpha value is -0.570. The smallest absolute Gasteiger partial charge is 0.220 e. The molecule has 0 bridgehead atoms. The summed E-state index contributed by atoms with van der Waals surface area (Å²) >= 11 is 0. The number of hydrogen-bond acceptors (Lipinski definition) is 2. The van der Waals surface area contributed by atoms with E-state index in [1.54, 1.807) is 0 Å². The largest absolute Gasteiger partial charge is 0.353 e. The maximum absolute atomic E-state index is 11.7. The van der Waals surface area contributed by atoms with Gasteiger partial charge in [0, 0.05) is 18.0 Å². The van der Waals surface area contributed by atoms with Gasteiger partial charge < -0.3 is 11.1 Å². The van der Waals surface area contributed by atoms with Crippen LogP contribution < -0.4 is 11.1 Å². The average Bonchev–Trinajstić information content (AvgIpc) is 2.18. The SMILES string of the molecule is CC1CCCCC1NC(=O)CCC(C)(C)N. The second-order valence-electron chi connectivity index (χ2n) is 5.92. The van der Waals surface area contributed by atoms with Crippen molar-refractivity contribution in [3.05, 3.63) is 0 Å². The Balaban J connectivity index is 2.28. The predicted molar refractivity (Wildman–Crippen MR) is 67.1 cm³/mol. The lowest BCUT2D eigenvalue weighted by molar-refractivity contribution is -0.122. The Morgan fingerprint density at radius 3 is 2.56 bits per heavy atom. The first-order valence-electron chi connectivity index (χ1n) is 6.47. The van der Waals surface area contributed by atoms with Crippen LogP contribution in [-0.2, 0) is 4.79 Å². The molecule has 16 heavy (non-hydrogen) atoms. The van der Waals surface area contributed by atoms with Crippen LogP contribution in [0.4, 0.5) is 0 Å². The summed E-state index contributed by atoms with van der Waals surface area (Å²) in [7, 11) is 0. The van der Waals surface area contributed by atoms with Crippen LogP contribution in [0.15, 0.2) is 0 Å². The van der Waals surface area contributed by atoms with Gasteiger partial charge in [-0.3, -0.25) is 4.79 Å². The molecule has 1 aliphatic carbocycles. The highest BCUT2D eigenvalue weighted by molar-refractivity contribution is 5.76. The molecule has 2 atom stereocenters. The fourth-order valence-electron chi connectivity index (χ4n) is 2.25. The van der Waals surface area contributed by atoms with Gasteiger partial charge in [-0.15, -0.1) is 0 Å². The topological polar surface area (TPSA) is 55.1 Å². The normalized spacial score (nSPS) is 26.5. The van der Waals surface area contributed by atoms with E-state index in [-0.39, 0.29) is 11.4 Å². The minimum absolute atomic E-state index is 0.164. The Morgan fingerprint density at radius 2 is 2.00 bits per heavy atom. The molecular formula is C13H26N2O. The first-order chi connectivity index (χ1) is 7.38. The van der Waals surface area contributed by atoms with Crippen molar-refractivity contribution in [1.82, 2.24) is 5.32 Å². The van der Waals surface area contributed by atoms with Gasteiger partial charge in [0.05, 0.1) is 0 Å². The molecule has 94 valence electrons. The summed E-state index contributed by atoms with van der Waals surface area (Å²) in [5, 5.41) is 3.15. The lowest BCUT2D eigenvalue weighted by atomic mass is 9.86. The minimum atomic E-state index is -0.241. The molecule has 1 amide bonds. The fraction of sp³-hybridized carbons (Fsp3) is 0.923. The predicted octanol–water partition coefficient (Wildman–Crippen LogP) is 2.20. The van der Waals surface area contributed by atoms with Crippen molar-refractivity contribution in [1.29, 1.82) is 0 Å². The van der Waals surface area contributed by atoms with Crippen molar-refractivity contribution >= 4 is 5.91 Å². The van der Waals surface area contributed by atoms with Gasteiger partial charge >= 0.3 is 0 Å². The van der Waals surface area contributed by atoms with E-state index in [1.165, 1.54) is 19.3 Å². The third kappa shape index (κ3) is 4.97. The van der Waals surface area contributed by atoms with Gasteiger partial charge in [0.15, 0.2) is 0 Å². The van der Waals surface area contributed by atoms with E-state index in [0.29, 0.717) is 18.4 Å². The zero-order chi connectivity index (χ0) is 12.2.